The Morgan fingerprint density at radius 1 is 1.09 bits per heavy atom. The normalized spacial score (nSPS) is 10.8. The van der Waals surface area contributed by atoms with Crippen LogP contribution >= 0.6 is 0 Å². The third kappa shape index (κ3) is 2.39. The molecule has 0 saturated heterocycles. The van der Waals surface area contributed by atoms with Crippen LogP contribution < -0.4 is 5.32 Å². The molecule has 3 aromatic heterocycles. The smallest absolute Gasteiger partial charge is 0.276 e. The Morgan fingerprint density at radius 3 is 2.74 bits per heavy atom. The fraction of sp³-hybridized carbons (Fsp3) is 0. The monoisotopic (exact) mass is 306 g/mol. The molecule has 3 N–H and O–H groups in total. The van der Waals surface area contributed by atoms with Gasteiger partial charge in [-0.05, 0) is 35.5 Å². The van der Waals surface area contributed by atoms with Gasteiger partial charge in [0.05, 0.1) is 5.52 Å². The van der Waals surface area contributed by atoms with Crippen molar-refractivity contribution in [1.82, 2.24) is 35.8 Å². The van der Waals surface area contributed by atoms with Crippen LogP contribution in [0.25, 0.3) is 22.3 Å². The molecule has 0 atom stereocenters. The zero-order valence-corrected chi connectivity index (χ0v) is 11.7. The van der Waals surface area contributed by atoms with E-state index in [4.69, 9.17) is 0 Å². The van der Waals surface area contributed by atoms with Gasteiger partial charge in [0.25, 0.3) is 5.91 Å². The van der Waals surface area contributed by atoms with Crippen molar-refractivity contribution in [3.8, 4) is 11.4 Å². The molecule has 0 unspecified atom stereocenters. The van der Waals surface area contributed by atoms with E-state index in [-0.39, 0.29) is 5.91 Å². The van der Waals surface area contributed by atoms with E-state index in [1.165, 1.54) is 0 Å². The van der Waals surface area contributed by atoms with Crippen LogP contribution in [-0.4, -0.2) is 41.7 Å². The van der Waals surface area contributed by atoms with Crippen molar-refractivity contribution >= 4 is 22.5 Å². The summed E-state index contributed by atoms with van der Waals surface area (Å²) in [4.78, 5) is 16.3. The second kappa shape index (κ2) is 5.30. The fourth-order valence-corrected chi connectivity index (χ4v) is 2.24. The summed E-state index contributed by atoms with van der Waals surface area (Å²) in [7, 11) is 0. The number of rotatable bonds is 3. The summed E-state index contributed by atoms with van der Waals surface area (Å²) >= 11 is 0. The van der Waals surface area contributed by atoms with E-state index in [1.807, 2.05) is 12.1 Å². The van der Waals surface area contributed by atoms with E-state index >= 15 is 0 Å². The third-order valence-corrected chi connectivity index (χ3v) is 3.32. The number of tetrazole rings is 1. The minimum Gasteiger partial charge on any atom is -0.320 e. The number of H-pyrrole nitrogens is 2. The van der Waals surface area contributed by atoms with Gasteiger partial charge in [0, 0.05) is 29.0 Å². The Bertz CT molecular complexity index is 961. The van der Waals surface area contributed by atoms with Gasteiger partial charge in [0.15, 0.2) is 5.69 Å². The lowest BCUT2D eigenvalue weighted by atomic mass is 10.1. The molecule has 112 valence electrons. The molecule has 0 aliphatic heterocycles. The van der Waals surface area contributed by atoms with Crippen molar-refractivity contribution in [2.45, 2.75) is 0 Å². The number of anilines is 1. The molecule has 0 spiro atoms. The van der Waals surface area contributed by atoms with Gasteiger partial charge in [-0.15, -0.1) is 10.2 Å². The summed E-state index contributed by atoms with van der Waals surface area (Å²) in [5.41, 5.74) is 2.43. The molecule has 4 aromatic rings. The number of fused-ring (bicyclic) bond motifs is 1. The Labute approximate surface area is 129 Å². The fourth-order valence-electron chi connectivity index (χ4n) is 2.24. The third-order valence-electron chi connectivity index (χ3n) is 3.32. The number of benzene rings is 1. The lowest BCUT2D eigenvalue weighted by Crippen LogP contribution is -2.12. The number of nitrogens with one attached hydrogen (secondary N) is 3. The van der Waals surface area contributed by atoms with Crippen LogP contribution in [0.3, 0.4) is 0 Å². The van der Waals surface area contributed by atoms with Crippen LogP contribution in [0.2, 0.25) is 0 Å². The lowest BCUT2D eigenvalue weighted by Gasteiger charge is -2.02. The van der Waals surface area contributed by atoms with Crippen molar-refractivity contribution in [1.29, 1.82) is 0 Å². The Kier molecular flexibility index (Phi) is 3.01. The van der Waals surface area contributed by atoms with E-state index in [2.05, 4.69) is 41.1 Å². The minimum absolute atomic E-state index is 0.294. The molecule has 9 nitrogen and oxygen atoms in total. The van der Waals surface area contributed by atoms with Crippen LogP contribution in [0, 0.1) is 0 Å². The zero-order chi connectivity index (χ0) is 15.6. The molecular weight excluding hydrogens is 296 g/mol. The van der Waals surface area contributed by atoms with Gasteiger partial charge in [0.2, 0.25) is 5.82 Å². The molecule has 9 heteroatoms. The summed E-state index contributed by atoms with van der Waals surface area (Å²) < 4.78 is 0. The summed E-state index contributed by atoms with van der Waals surface area (Å²) in [6, 6.07) is 8.85. The largest absolute Gasteiger partial charge is 0.320 e. The summed E-state index contributed by atoms with van der Waals surface area (Å²) in [6.45, 7) is 0. The Balaban J connectivity index is 1.72. The molecule has 0 fully saturated rings. The molecule has 23 heavy (non-hydrogen) atoms. The molecule has 0 aliphatic rings. The van der Waals surface area contributed by atoms with E-state index in [0.717, 1.165) is 11.1 Å². The van der Waals surface area contributed by atoms with Gasteiger partial charge in [-0.2, -0.15) is 10.3 Å². The number of hydrogen-bond donors (Lipinski definition) is 3. The number of nitrogens with zero attached hydrogens (tertiary/aromatic N) is 5. The Morgan fingerprint density at radius 2 is 1.96 bits per heavy atom. The van der Waals surface area contributed by atoms with E-state index in [9.17, 15) is 4.79 Å². The van der Waals surface area contributed by atoms with E-state index in [0.29, 0.717) is 22.6 Å². The van der Waals surface area contributed by atoms with Crippen LogP contribution in [0.1, 0.15) is 10.5 Å². The highest BCUT2D eigenvalue weighted by atomic mass is 16.1. The van der Waals surface area contributed by atoms with Crippen molar-refractivity contribution in [3.05, 3.63) is 48.4 Å². The van der Waals surface area contributed by atoms with Gasteiger partial charge in [0.1, 0.15) is 0 Å². The van der Waals surface area contributed by atoms with Crippen molar-refractivity contribution in [3.63, 3.8) is 0 Å². The van der Waals surface area contributed by atoms with Crippen molar-refractivity contribution in [2.75, 3.05) is 5.32 Å². The highest BCUT2D eigenvalue weighted by molar-refractivity contribution is 6.11. The second-order valence-corrected chi connectivity index (χ2v) is 4.76. The zero-order valence-electron chi connectivity index (χ0n) is 11.7. The first-order chi connectivity index (χ1) is 11.3. The molecule has 1 aromatic carbocycles. The van der Waals surface area contributed by atoms with Gasteiger partial charge >= 0.3 is 0 Å². The molecule has 3 heterocycles. The topological polar surface area (TPSA) is 125 Å². The predicted octanol–water partition coefficient (Wildman–Crippen LogP) is 1.39. The van der Waals surface area contributed by atoms with E-state index < -0.39 is 0 Å². The summed E-state index contributed by atoms with van der Waals surface area (Å²) in [5.74, 6) is 0.140. The first-order valence-electron chi connectivity index (χ1n) is 6.74. The Hall–Kier alpha value is -3.62. The van der Waals surface area contributed by atoms with Crippen molar-refractivity contribution in [2.24, 2.45) is 0 Å². The quantitative estimate of drug-likeness (QED) is 0.525. The lowest BCUT2D eigenvalue weighted by molar-refractivity contribution is 0.102. The van der Waals surface area contributed by atoms with Gasteiger partial charge < -0.3 is 5.32 Å². The second-order valence-electron chi connectivity index (χ2n) is 4.76. The number of carbonyl (C=O) groups is 1. The highest BCUT2D eigenvalue weighted by Crippen LogP contribution is 2.23. The average Bonchev–Trinajstić information content (AvgIpc) is 3.25. The molecular formula is C14H10N8O. The summed E-state index contributed by atoms with van der Waals surface area (Å²) in [6.07, 6.45) is 3.21. The van der Waals surface area contributed by atoms with Gasteiger partial charge in [-0.3, -0.25) is 14.9 Å². The van der Waals surface area contributed by atoms with Crippen LogP contribution in [-0.2, 0) is 0 Å². The van der Waals surface area contributed by atoms with E-state index in [1.54, 1.807) is 30.6 Å². The molecule has 0 aliphatic carbocycles. The summed E-state index contributed by atoms with van der Waals surface area (Å²) in [5, 5.41) is 24.2. The number of aromatic amines is 2. The number of pyridine rings is 1. The maximum Gasteiger partial charge on any atom is 0.276 e. The minimum atomic E-state index is -0.312. The number of amides is 1. The van der Waals surface area contributed by atoms with Crippen LogP contribution in [0.5, 0.6) is 0 Å². The van der Waals surface area contributed by atoms with Gasteiger partial charge in [-0.1, -0.05) is 0 Å². The first-order valence-corrected chi connectivity index (χ1v) is 6.74. The first kappa shape index (κ1) is 13.1. The van der Waals surface area contributed by atoms with Crippen molar-refractivity contribution < 1.29 is 4.79 Å². The molecule has 1 amide bonds. The van der Waals surface area contributed by atoms with Gasteiger partial charge in [-0.25, -0.2) is 0 Å². The molecule has 0 saturated carbocycles. The predicted molar refractivity (Wildman–Crippen MR) is 81.5 cm³/mol. The molecule has 4 rings (SSSR count). The maximum absolute atomic E-state index is 12.4. The highest BCUT2D eigenvalue weighted by Gasteiger charge is 2.16. The number of aromatic nitrogens is 7. The van der Waals surface area contributed by atoms with Crippen LogP contribution in [0.4, 0.5) is 5.69 Å². The average molecular weight is 306 g/mol. The number of hydrogen-bond acceptors (Lipinski definition) is 6. The SMILES string of the molecule is O=C(Nc1ccncc1)c1n[nH]c2ccc(-c3nn[nH]n3)cc12. The van der Waals surface area contributed by atoms with Crippen LogP contribution in [0.15, 0.2) is 42.7 Å². The number of carbonyl (C=O) groups excluding carboxylic acids is 1. The molecule has 0 radical (unpaired) electrons. The standard InChI is InChI=1S/C14H10N8O/c23-14(16-9-3-5-15-6-4-9)12-10-7-8(13-19-21-22-20-13)1-2-11(10)17-18-12/h1-7H,(H,17,18)(H,15,16,23)(H,19,20,21,22). The maximum atomic E-state index is 12.4. The molecule has 0 bridgehead atoms.